The highest BCUT2D eigenvalue weighted by molar-refractivity contribution is 5.91. The highest BCUT2D eigenvalue weighted by Crippen LogP contribution is 2.48. The topological polar surface area (TPSA) is 32.3 Å². The second-order valence-electron chi connectivity index (χ2n) is 7.99. The highest BCUT2D eigenvalue weighted by atomic mass is 19.1. The van der Waals surface area contributed by atoms with Crippen LogP contribution in [0.1, 0.15) is 41.9 Å². The fourth-order valence-corrected chi connectivity index (χ4v) is 4.37. The van der Waals surface area contributed by atoms with Crippen molar-refractivity contribution in [2.24, 2.45) is 0 Å². The molecule has 1 N–H and O–H groups in total. The molecule has 0 radical (unpaired) electrons. The summed E-state index contributed by atoms with van der Waals surface area (Å²) in [6.07, 6.45) is 2.88. The molecule has 0 aromatic heterocycles. The monoisotopic (exact) mass is 366 g/mol. The predicted molar refractivity (Wildman–Crippen MR) is 105 cm³/mol. The lowest BCUT2D eigenvalue weighted by Crippen LogP contribution is -2.39. The fourth-order valence-electron chi connectivity index (χ4n) is 4.37. The van der Waals surface area contributed by atoms with Gasteiger partial charge in [-0.3, -0.25) is 4.79 Å². The van der Waals surface area contributed by atoms with Gasteiger partial charge in [-0.2, -0.15) is 0 Å². The molecule has 1 aliphatic carbocycles. The van der Waals surface area contributed by atoms with Crippen molar-refractivity contribution in [3.63, 3.8) is 0 Å². The number of hydrogen-bond donors (Lipinski definition) is 1. The van der Waals surface area contributed by atoms with Gasteiger partial charge < -0.3 is 10.2 Å². The Morgan fingerprint density at radius 3 is 2.63 bits per heavy atom. The van der Waals surface area contributed by atoms with Crippen LogP contribution in [0.5, 0.6) is 0 Å². The molecule has 2 aromatic rings. The molecule has 1 saturated carbocycles. The second kappa shape index (κ2) is 7.43. The van der Waals surface area contributed by atoms with Crippen molar-refractivity contribution in [1.82, 2.24) is 10.2 Å². The Labute approximate surface area is 160 Å². The third-order valence-corrected chi connectivity index (χ3v) is 6.20. The second-order valence-corrected chi connectivity index (χ2v) is 7.99. The largest absolute Gasteiger partial charge is 0.354 e. The van der Waals surface area contributed by atoms with Crippen LogP contribution >= 0.6 is 0 Å². The molecule has 4 rings (SSSR count). The van der Waals surface area contributed by atoms with E-state index in [0.717, 1.165) is 38.0 Å². The first-order valence-electron chi connectivity index (χ1n) is 9.91. The average Bonchev–Trinajstić information content (AvgIpc) is 3.35. The summed E-state index contributed by atoms with van der Waals surface area (Å²) in [6.45, 7) is 5.88. The van der Waals surface area contributed by atoms with Crippen molar-refractivity contribution >= 4 is 5.91 Å². The van der Waals surface area contributed by atoms with Crippen LogP contribution in [-0.4, -0.2) is 37.0 Å². The Bertz CT molecular complexity index is 813. The summed E-state index contributed by atoms with van der Waals surface area (Å²) in [5, 5.41) is 3.12. The molecule has 3 nitrogen and oxygen atoms in total. The zero-order chi connectivity index (χ0) is 18.9. The van der Waals surface area contributed by atoms with Crippen LogP contribution in [0.4, 0.5) is 4.39 Å². The summed E-state index contributed by atoms with van der Waals surface area (Å²) in [7, 11) is 0. The van der Waals surface area contributed by atoms with E-state index in [2.05, 4.69) is 41.4 Å². The van der Waals surface area contributed by atoms with Crippen LogP contribution in [0.3, 0.4) is 0 Å². The summed E-state index contributed by atoms with van der Waals surface area (Å²) in [5.74, 6) is 0.423. The number of aryl methyl sites for hydroxylation is 1. The minimum atomic E-state index is -0.428. The lowest BCUT2D eigenvalue weighted by molar-refractivity contribution is -0.123. The van der Waals surface area contributed by atoms with Crippen LogP contribution in [0, 0.1) is 12.7 Å². The lowest BCUT2D eigenvalue weighted by atomic mass is 9.94. The van der Waals surface area contributed by atoms with Crippen molar-refractivity contribution in [3.8, 4) is 0 Å². The van der Waals surface area contributed by atoms with Gasteiger partial charge in [-0.05, 0) is 67.5 Å². The summed E-state index contributed by atoms with van der Waals surface area (Å²) < 4.78 is 13.1. The standard InChI is InChI=1S/C23H27FN2O/c1-17-4-2-3-5-21(17)18-10-14-26(16-18)15-13-25-22(27)23(11-12-23)19-6-8-20(24)9-7-19/h2-9,18H,10-16H2,1H3,(H,25,27)/t18-/m1/s1. The molecule has 0 bridgehead atoms. The zero-order valence-electron chi connectivity index (χ0n) is 15.9. The van der Waals surface area contributed by atoms with E-state index >= 15 is 0 Å². The molecular formula is C23H27FN2O. The molecule has 0 unspecified atom stereocenters. The van der Waals surface area contributed by atoms with Gasteiger partial charge in [0.25, 0.3) is 0 Å². The Hall–Kier alpha value is -2.20. The predicted octanol–water partition coefficient (Wildman–Crippen LogP) is 3.77. The molecule has 142 valence electrons. The van der Waals surface area contributed by atoms with E-state index in [-0.39, 0.29) is 11.7 Å². The van der Waals surface area contributed by atoms with Gasteiger partial charge >= 0.3 is 0 Å². The van der Waals surface area contributed by atoms with Gasteiger partial charge in [0.1, 0.15) is 5.82 Å². The maximum Gasteiger partial charge on any atom is 0.230 e. The molecule has 4 heteroatoms. The lowest BCUT2D eigenvalue weighted by Gasteiger charge is -2.19. The average molecular weight is 366 g/mol. The van der Waals surface area contributed by atoms with Crippen molar-refractivity contribution in [2.75, 3.05) is 26.2 Å². The van der Waals surface area contributed by atoms with Gasteiger partial charge in [0.15, 0.2) is 0 Å². The van der Waals surface area contributed by atoms with Crippen LogP contribution in [-0.2, 0) is 10.2 Å². The molecule has 2 aliphatic rings. The maximum absolute atomic E-state index is 13.1. The molecule has 0 spiro atoms. The molecule has 1 heterocycles. The van der Waals surface area contributed by atoms with E-state index in [0.29, 0.717) is 12.5 Å². The Morgan fingerprint density at radius 1 is 1.19 bits per heavy atom. The smallest absolute Gasteiger partial charge is 0.230 e. The van der Waals surface area contributed by atoms with E-state index in [1.807, 2.05) is 0 Å². The summed E-state index contributed by atoms with van der Waals surface area (Å²) >= 11 is 0. The molecular weight excluding hydrogens is 339 g/mol. The number of amides is 1. The van der Waals surface area contributed by atoms with Gasteiger partial charge in [0.2, 0.25) is 5.91 Å². The number of carbonyl (C=O) groups is 1. The highest BCUT2D eigenvalue weighted by Gasteiger charge is 2.51. The van der Waals surface area contributed by atoms with Crippen molar-refractivity contribution in [1.29, 1.82) is 0 Å². The van der Waals surface area contributed by atoms with Crippen molar-refractivity contribution in [3.05, 3.63) is 71.0 Å². The Balaban J connectivity index is 1.27. The van der Waals surface area contributed by atoms with E-state index in [1.54, 1.807) is 12.1 Å². The molecule has 1 aliphatic heterocycles. The van der Waals surface area contributed by atoms with E-state index in [4.69, 9.17) is 0 Å². The van der Waals surface area contributed by atoms with Crippen LogP contribution in [0.2, 0.25) is 0 Å². The fraction of sp³-hybridized carbons (Fsp3) is 0.435. The van der Waals surface area contributed by atoms with Crippen molar-refractivity contribution in [2.45, 2.75) is 37.5 Å². The number of rotatable bonds is 6. The van der Waals surface area contributed by atoms with Gasteiger partial charge in [0.05, 0.1) is 5.41 Å². The van der Waals surface area contributed by atoms with Crippen molar-refractivity contribution < 1.29 is 9.18 Å². The maximum atomic E-state index is 13.1. The first-order valence-corrected chi connectivity index (χ1v) is 9.91. The Morgan fingerprint density at radius 2 is 1.93 bits per heavy atom. The molecule has 1 saturated heterocycles. The SMILES string of the molecule is Cc1ccccc1[C@@H]1CCN(CCNC(=O)C2(c3ccc(F)cc3)CC2)C1. The molecule has 27 heavy (non-hydrogen) atoms. The molecule has 1 atom stereocenters. The van der Waals surface area contributed by atoms with Crippen LogP contribution < -0.4 is 5.32 Å². The minimum absolute atomic E-state index is 0.0868. The molecule has 1 amide bonds. The van der Waals surface area contributed by atoms with E-state index < -0.39 is 5.41 Å². The number of halogens is 1. The van der Waals surface area contributed by atoms with Crippen LogP contribution in [0.25, 0.3) is 0 Å². The number of hydrogen-bond acceptors (Lipinski definition) is 2. The Kier molecular flexibility index (Phi) is 5.00. The summed E-state index contributed by atoms with van der Waals surface area (Å²) in [4.78, 5) is 15.1. The van der Waals surface area contributed by atoms with Gasteiger partial charge in [-0.15, -0.1) is 0 Å². The molecule has 2 fully saturated rings. The summed E-state index contributed by atoms with van der Waals surface area (Å²) in [6, 6.07) is 15.0. The summed E-state index contributed by atoms with van der Waals surface area (Å²) in [5.41, 5.74) is 3.33. The van der Waals surface area contributed by atoms with Gasteiger partial charge in [-0.1, -0.05) is 36.4 Å². The first kappa shape index (κ1) is 18.2. The first-order chi connectivity index (χ1) is 13.1. The number of benzene rings is 2. The van der Waals surface area contributed by atoms with Crippen LogP contribution in [0.15, 0.2) is 48.5 Å². The third kappa shape index (κ3) is 3.77. The van der Waals surface area contributed by atoms with Gasteiger partial charge in [0, 0.05) is 19.6 Å². The number of likely N-dealkylation sites (tertiary alicyclic amines) is 1. The quantitative estimate of drug-likeness (QED) is 0.844. The van der Waals surface area contributed by atoms with E-state index in [1.165, 1.54) is 29.7 Å². The third-order valence-electron chi connectivity index (χ3n) is 6.20. The normalized spacial score (nSPS) is 21.2. The molecule has 2 aromatic carbocycles. The van der Waals surface area contributed by atoms with E-state index in [9.17, 15) is 9.18 Å². The number of nitrogens with zero attached hydrogens (tertiary/aromatic N) is 1. The van der Waals surface area contributed by atoms with Gasteiger partial charge in [-0.25, -0.2) is 4.39 Å². The zero-order valence-corrected chi connectivity index (χ0v) is 15.9. The number of nitrogens with one attached hydrogen (secondary N) is 1. The number of carbonyl (C=O) groups excluding carboxylic acids is 1. The minimum Gasteiger partial charge on any atom is -0.354 e.